The van der Waals surface area contributed by atoms with Crippen LogP contribution in [0.15, 0.2) is 91.4 Å². The maximum absolute atomic E-state index is 11.4. The summed E-state index contributed by atoms with van der Waals surface area (Å²) in [7, 11) is 0.987. The van der Waals surface area contributed by atoms with E-state index in [9.17, 15) is 14.7 Å². The lowest BCUT2D eigenvalue weighted by Crippen LogP contribution is -2.29. The summed E-state index contributed by atoms with van der Waals surface area (Å²) in [6.07, 6.45) is 9.47. The molecule has 2 aliphatic carbocycles. The largest absolute Gasteiger partial charge is 0.506 e. The van der Waals surface area contributed by atoms with Crippen molar-refractivity contribution in [2.45, 2.75) is 32.3 Å². The highest BCUT2D eigenvalue weighted by Crippen LogP contribution is 2.34. The molecule has 3 heterocycles. The lowest BCUT2D eigenvalue weighted by atomic mass is 9.80. The van der Waals surface area contributed by atoms with E-state index in [1.165, 1.54) is 92.0 Å². The maximum Gasteiger partial charge on any atom is 0.488 e. The Bertz CT molecular complexity index is 2820. The van der Waals surface area contributed by atoms with Gasteiger partial charge in [0, 0.05) is 18.2 Å². The Balaban J connectivity index is 0.000000153. The standard InChI is InChI=1S/C14H14ClN3O3.C13H14ClN3O2.C10H8ClN3O3.C6H6BClO3/c1-20-14(19)12-7-18(17-16-12)10-4-5-11(15)13(6-10)21-8-9-2-3-9;14-12-4-3-11(17-6-10(7-18)15-16-17)5-13(12)19-8-9-1-2-9;1-17-10(16)8-5-14(13-12-8)6-2-3-7(11)9(15)4-6;8-5-2-1-4(7(10)11)3-6(5)9/h4-7,9H,2-3,8H2,1H3;3-6,9,18H,1-2,7-8H2;2-5,15H,1H3;1-3,9-11H. The van der Waals surface area contributed by atoms with Gasteiger partial charge in [-0.25, -0.2) is 23.6 Å². The summed E-state index contributed by atoms with van der Waals surface area (Å²) in [6.45, 7) is 1.26. The second kappa shape index (κ2) is 24.0. The van der Waals surface area contributed by atoms with E-state index >= 15 is 0 Å². The smallest absolute Gasteiger partial charge is 0.488 e. The van der Waals surface area contributed by atoms with E-state index in [2.05, 4.69) is 40.4 Å². The molecule has 0 saturated heterocycles. The van der Waals surface area contributed by atoms with Crippen molar-refractivity contribution in [1.82, 2.24) is 45.0 Å². The molecule has 20 nitrogen and oxygen atoms in total. The van der Waals surface area contributed by atoms with Gasteiger partial charge >= 0.3 is 19.1 Å². The Labute approximate surface area is 408 Å². The predicted octanol–water partition coefficient (Wildman–Crippen LogP) is 5.84. The van der Waals surface area contributed by atoms with E-state index in [1.807, 2.05) is 12.1 Å². The number of carbonyl (C=O) groups excluding carboxylic acids is 2. The second-order valence-corrected chi connectivity index (χ2v) is 16.5. The van der Waals surface area contributed by atoms with Gasteiger partial charge in [0.1, 0.15) is 28.7 Å². The molecule has 356 valence electrons. The summed E-state index contributed by atoms with van der Waals surface area (Å²) in [5, 5.41) is 69.1. The normalized spacial score (nSPS) is 12.5. The van der Waals surface area contributed by atoms with Crippen molar-refractivity contribution >= 4 is 70.9 Å². The molecule has 4 aromatic carbocycles. The van der Waals surface area contributed by atoms with Crippen LogP contribution in [0.4, 0.5) is 0 Å². The van der Waals surface area contributed by atoms with E-state index in [-0.39, 0.29) is 45.0 Å². The Kier molecular flexibility index (Phi) is 18.0. The van der Waals surface area contributed by atoms with E-state index < -0.39 is 19.1 Å². The van der Waals surface area contributed by atoms with Crippen LogP contribution in [-0.4, -0.2) is 117 Å². The van der Waals surface area contributed by atoms with Crippen molar-refractivity contribution in [2.75, 3.05) is 27.4 Å². The second-order valence-electron chi connectivity index (χ2n) is 14.9. The monoisotopic (exact) mass is 1010 g/mol. The number of phenols is 2. The van der Waals surface area contributed by atoms with Gasteiger partial charge in [0.25, 0.3) is 0 Å². The van der Waals surface area contributed by atoms with Gasteiger partial charge in [0.15, 0.2) is 11.4 Å². The van der Waals surface area contributed by atoms with Gasteiger partial charge < -0.3 is 44.3 Å². The third-order valence-electron chi connectivity index (χ3n) is 9.64. The number of esters is 2. The molecule has 2 saturated carbocycles. The van der Waals surface area contributed by atoms with Crippen LogP contribution in [0.1, 0.15) is 52.4 Å². The first-order valence-corrected chi connectivity index (χ1v) is 21.9. The summed E-state index contributed by atoms with van der Waals surface area (Å²) in [6, 6.07) is 19.3. The summed E-state index contributed by atoms with van der Waals surface area (Å²) < 4.78 is 24.9. The number of carbonyl (C=O) groups is 2. The number of nitrogens with zero attached hydrogens (tertiary/aromatic N) is 9. The molecular weight excluding hydrogens is 971 g/mol. The minimum Gasteiger partial charge on any atom is -0.506 e. The molecule has 2 fully saturated rings. The molecule has 0 bridgehead atoms. The first-order valence-electron chi connectivity index (χ1n) is 20.4. The molecule has 0 radical (unpaired) electrons. The fourth-order valence-electron chi connectivity index (χ4n) is 5.48. The number of aromatic nitrogens is 9. The molecule has 0 aliphatic heterocycles. The van der Waals surface area contributed by atoms with E-state index in [1.54, 1.807) is 41.2 Å². The number of aromatic hydroxyl groups is 2. The van der Waals surface area contributed by atoms with E-state index in [0.29, 0.717) is 63.7 Å². The molecule has 9 rings (SSSR count). The lowest BCUT2D eigenvalue weighted by Gasteiger charge is -2.09. The quantitative estimate of drug-likeness (QED) is 0.0671. The zero-order chi connectivity index (χ0) is 48.9. The van der Waals surface area contributed by atoms with Crippen molar-refractivity contribution in [3.63, 3.8) is 0 Å². The Morgan fingerprint density at radius 2 is 1.01 bits per heavy atom. The number of halogens is 4. The summed E-state index contributed by atoms with van der Waals surface area (Å²) in [5.74, 6) is 1.25. The van der Waals surface area contributed by atoms with Crippen LogP contribution < -0.4 is 14.9 Å². The SMILES string of the molecule is COC(=O)c1cn(-c2ccc(Cl)c(O)c2)nn1.COC(=O)c1cn(-c2ccc(Cl)c(OCC3CC3)c2)nn1.OB(O)c1ccc(Cl)c(O)c1.OCc1cn(-c2ccc(Cl)c(OCC3CC3)c2)nn1. The molecule has 2 aliphatic rings. The molecule has 7 aromatic rings. The van der Waals surface area contributed by atoms with Crippen LogP contribution in [0.25, 0.3) is 17.1 Å². The number of benzene rings is 4. The maximum atomic E-state index is 11.4. The Morgan fingerprint density at radius 3 is 1.41 bits per heavy atom. The van der Waals surface area contributed by atoms with Crippen LogP contribution in [0.2, 0.25) is 20.1 Å². The van der Waals surface area contributed by atoms with Gasteiger partial charge in [0.05, 0.1) is 89.8 Å². The predicted molar refractivity (Wildman–Crippen MR) is 249 cm³/mol. The van der Waals surface area contributed by atoms with Crippen molar-refractivity contribution in [3.05, 3.63) is 129 Å². The summed E-state index contributed by atoms with van der Waals surface area (Å²) >= 11 is 23.4. The van der Waals surface area contributed by atoms with Gasteiger partial charge in [-0.3, -0.25) is 0 Å². The molecule has 5 N–H and O–H groups in total. The number of rotatable bonds is 13. The summed E-state index contributed by atoms with van der Waals surface area (Å²) in [4.78, 5) is 22.6. The van der Waals surface area contributed by atoms with Crippen LogP contribution >= 0.6 is 46.4 Å². The van der Waals surface area contributed by atoms with Gasteiger partial charge in [-0.15, -0.1) is 15.3 Å². The minimum atomic E-state index is -1.57. The van der Waals surface area contributed by atoms with E-state index in [0.717, 1.165) is 5.69 Å². The minimum absolute atomic E-state index is 0.0701. The zero-order valence-corrected chi connectivity index (χ0v) is 39.1. The fourth-order valence-corrected chi connectivity index (χ4v) is 6.06. The Hall–Kier alpha value is -6.46. The molecular formula is C43H42BCl4N9O11. The number of hydrogen-bond acceptors (Lipinski definition) is 17. The fraction of sp³-hybridized carbons (Fsp3) is 0.256. The number of methoxy groups -OCH3 is 2. The van der Waals surface area contributed by atoms with Gasteiger partial charge in [-0.05, 0) is 91.5 Å². The number of phenolic OH excluding ortho intramolecular Hbond substituents is 2. The average Bonchev–Trinajstić information content (AvgIpc) is 4.17. The third-order valence-corrected chi connectivity index (χ3v) is 10.9. The molecule has 0 unspecified atom stereocenters. The third kappa shape index (κ3) is 14.5. The number of aliphatic hydroxyl groups excluding tert-OH is 1. The van der Waals surface area contributed by atoms with Gasteiger partial charge in [0.2, 0.25) is 0 Å². The van der Waals surface area contributed by atoms with E-state index in [4.69, 9.17) is 76.1 Å². The van der Waals surface area contributed by atoms with Crippen molar-refractivity contribution in [3.8, 4) is 40.1 Å². The Morgan fingerprint density at radius 1 is 0.603 bits per heavy atom. The van der Waals surface area contributed by atoms with Crippen molar-refractivity contribution in [1.29, 1.82) is 0 Å². The molecule has 0 spiro atoms. The topological polar surface area (TPSA) is 264 Å². The first-order chi connectivity index (χ1) is 32.6. The van der Waals surface area contributed by atoms with Crippen molar-refractivity contribution in [2.24, 2.45) is 11.8 Å². The van der Waals surface area contributed by atoms with Crippen LogP contribution in [0.5, 0.6) is 23.0 Å². The number of hydrogen-bond donors (Lipinski definition) is 5. The number of aliphatic hydroxyl groups is 1. The van der Waals surface area contributed by atoms with Crippen LogP contribution in [-0.2, 0) is 16.1 Å². The molecule has 0 amide bonds. The highest BCUT2D eigenvalue weighted by molar-refractivity contribution is 6.58. The molecule has 3 aromatic heterocycles. The molecule has 68 heavy (non-hydrogen) atoms. The van der Waals surface area contributed by atoms with Gasteiger partial charge in [-0.2, -0.15) is 0 Å². The zero-order valence-electron chi connectivity index (χ0n) is 36.1. The lowest BCUT2D eigenvalue weighted by molar-refractivity contribution is 0.0585. The van der Waals surface area contributed by atoms with Gasteiger partial charge in [-0.1, -0.05) is 68.1 Å². The average molecular weight is 1010 g/mol. The van der Waals surface area contributed by atoms with Crippen molar-refractivity contribution < 1.29 is 53.9 Å². The first kappa shape index (κ1) is 50.9. The highest BCUT2D eigenvalue weighted by Gasteiger charge is 2.24. The highest BCUT2D eigenvalue weighted by atomic mass is 35.5. The summed E-state index contributed by atoms with van der Waals surface area (Å²) in [5.41, 5.74) is 3.03. The molecule has 0 atom stereocenters. The molecule has 25 heteroatoms. The van der Waals surface area contributed by atoms with Crippen LogP contribution in [0, 0.1) is 11.8 Å². The van der Waals surface area contributed by atoms with Crippen LogP contribution in [0.3, 0.4) is 0 Å². The number of ether oxygens (including phenoxy) is 4.